The third-order valence-electron chi connectivity index (χ3n) is 7.20. The Kier molecular flexibility index (Phi) is 7.19. The number of benzene rings is 1. The summed E-state index contributed by atoms with van der Waals surface area (Å²) in [5.74, 6) is -0.271. The largest absolute Gasteiger partial charge is 0.493 e. The average Bonchev–Trinajstić information content (AvgIpc) is 3.65. The normalized spacial score (nSPS) is 16.4. The van der Waals surface area contributed by atoms with Gasteiger partial charge in [-0.3, -0.25) is 4.79 Å². The van der Waals surface area contributed by atoms with Crippen LogP contribution in [-0.4, -0.2) is 44.0 Å². The van der Waals surface area contributed by atoms with Crippen molar-refractivity contribution in [3.05, 3.63) is 59.9 Å². The molecule has 3 aromatic rings. The molecule has 5 rings (SSSR count). The molecule has 1 aliphatic heterocycles. The van der Waals surface area contributed by atoms with Gasteiger partial charge >= 0.3 is 0 Å². The number of pyridine rings is 2. The van der Waals surface area contributed by atoms with Crippen LogP contribution in [0.3, 0.4) is 0 Å². The quantitative estimate of drug-likeness (QED) is 0.420. The van der Waals surface area contributed by atoms with Gasteiger partial charge in [-0.25, -0.2) is 19.1 Å². The van der Waals surface area contributed by atoms with Gasteiger partial charge in [-0.1, -0.05) is 19.9 Å². The van der Waals surface area contributed by atoms with Crippen molar-refractivity contribution in [1.82, 2.24) is 14.7 Å². The second kappa shape index (κ2) is 10.4. The molecule has 1 saturated heterocycles. The summed E-state index contributed by atoms with van der Waals surface area (Å²) in [5.41, 5.74) is 7.05. The minimum atomic E-state index is -4.28. The lowest BCUT2D eigenvalue weighted by Crippen LogP contribution is -2.38. The van der Waals surface area contributed by atoms with Gasteiger partial charge in [-0.2, -0.15) is 8.42 Å². The minimum absolute atomic E-state index is 0.0196. The van der Waals surface area contributed by atoms with Gasteiger partial charge in [0, 0.05) is 24.7 Å². The van der Waals surface area contributed by atoms with Gasteiger partial charge in [0.25, 0.3) is 15.9 Å². The van der Waals surface area contributed by atoms with E-state index in [4.69, 9.17) is 15.5 Å². The number of aromatic nitrogens is 2. The number of carbonyl (C=O) groups is 1. The number of carbonyl (C=O) groups excluding carboxylic acids is 1. The van der Waals surface area contributed by atoms with Crippen LogP contribution in [0.15, 0.2) is 53.6 Å². The van der Waals surface area contributed by atoms with Gasteiger partial charge in [0.2, 0.25) is 0 Å². The molecule has 0 unspecified atom stereocenters. The van der Waals surface area contributed by atoms with Crippen LogP contribution in [0.5, 0.6) is 5.75 Å². The van der Waals surface area contributed by atoms with Gasteiger partial charge in [-0.05, 0) is 73.4 Å². The molecule has 206 valence electrons. The van der Waals surface area contributed by atoms with Crippen LogP contribution in [0.1, 0.15) is 49.9 Å². The Balaban J connectivity index is 1.49. The average molecular weight is 554 g/mol. The van der Waals surface area contributed by atoms with Gasteiger partial charge in [0.1, 0.15) is 23.2 Å². The van der Waals surface area contributed by atoms with E-state index >= 15 is 0 Å². The van der Waals surface area contributed by atoms with Crippen LogP contribution in [0.25, 0.3) is 11.3 Å². The number of hydrogen-bond acceptors (Lipinski definition) is 8. The minimum Gasteiger partial charge on any atom is -0.493 e. The molecule has 3 heterocycles. The lowest BCUT2D eigenvalue weighted by Gasteiger charge is -2.34. The van der Waals surface area contributed by atoms with Crippen LogP contribution < -0.4 is 20.1 Å². The highest BCUT2D eigenvalue weighted by Crippen LogP contribution is 2.54. The van der Waals surface area contributed by atoms with Crippen LogP contribution in [0.2, 0.25) is 0 Å². The van der Waals surface area contributed by atoms with Gasteiger partial charge < -0.3 is 15.4 Å². The fraction of sp³-hybridized carbons (Fsp3) is 0.393. The number of halogens is 1. The highest BCUT2D eigenvalue weighted by atomic mass is 32.2. The molecular formula is C28H32FN5O4S. The molecular weight excluding hydrogens is 521 g/mol. The van der Waals surface area contributed by atoms with Gasteiger partial charge in [0.05, 0.1) is 17.9 Å². The van der Waals surface area contributed by atoms with Crippen LogP contribution in [-0.2, 0) is 10.0 Å². The summed E-state index contributed by atoms with van der Waals surface area (Å²) >= 11 is 0. The van der Waals surface area contributed by atoms with E-state index in [1.54, 1.807) is 12.1 Å². The monoisotopic (exact) mass is 553 g/mol. The molecule has 1 amide bonds. The highest BCUT2D eigenvalue weighted by Gasteiger charge is 2.45. The fourth-order valence-electron chi connectivity index (χ4n) is 4.76. The van der Waals surface area contributed by atoms with E-state index in [2.05, 4.69) is 9.71 Å². The second-order valence-corrected chi connectivity index (χ2v) is 12.4. The van der Waals surface area contributed by atoms with Crippen LogP contribution >= 0.6 is 0 Å². The van der Waals surface area contributed by atoms with E-state index in [0.717, 1.165) is 12.8 Å². The predicted octanol–water partition coefficient (Wildman–Crippen LogP) is 4.40. The Morgan fingerprint density at radius 2 is 1.85 bits per heavy atom. The zero-order chi connectivity index (χ0) is 27.8. The Morgan fingerprint density at radius 1 is 1.10 bits per heavy atom. The lowest BCUT2D eigenvalue weighted by molar-refractivity contribution is 0.0981. The van der Waals surface area contributed by atoms with Crippen molar-refractivity contribution in [1.29, 1.82) is 0 Å². The Morgan fingerprint density at radius 3 is 2.51 bits per heavy atom. The Bertz CT molecular complexity index is 1500. The molecule has 1 aliphatic carbocycles. The SMILES string of the molecule is CC(C)COc1cc(F)cc(-c2ccc(C(=O)NS(=O)(=O)c3cccc(N)n3)c(N3CCC4(CC3)CC4)n2)c1. The van der Waals surface area contributed by atoms with E-state index in [0.29, 0.717) is 47.9 Å². The van der Waals surface area contributed by atoms with Crippen molar-refractivity contribution < 1.29 is 22.3 Å². The number of hydrogen-bond donors (Lipinski definition) is 2. The summed E-state index contributed by atoms with van der Waals surface area (Å²) in [6.45, 7) is 5.82. The lowest BCUT2D eigenvalue weighted by atomic mass is 9.93. The topological polar surface area (TPSA) is 128 Å². The third-order valence-corrected chi connectivity index (χ3v) is 8.43. The second-order valence-electron chi connectivity index (χ2n) is 10.8. The standard InChI is InChI=1S/C28H32FN5O4S/c1-18(2)17-38-21-15-19(14-20(29)16-21)23-7-6-22(26(31-23)34-12-10-28(8-9-28)11-13-34)27(35)33-39(36,37)25-5-3-4-24(30)32-25/h3-7,14-16,18H,8-13,17H2,1-2H3,(H2,30,32)(H,33,35). The van der Waals surface area contributed by atoms with Crippen molar-refractivity contribution in [2.45, 2.75) is 44.6 Å². The van der Waals surface area contributed by atoms with E-state index in [9.17, 15) is 17.6 Å². The van der Waals surface area contributed by atoms with E-state index < -0.39 is 21.7 Å². The molecule has 1 saturated carbocycles. The zero-order valence-electron chi connectivity index (χ0n) is 22.0. The van der Waals surface area contributed by atoms with Crippen molar-refractivity contribution in [2.24, 2.45) is 11.3 Å². The molecule has 1 spiro atoms. The maximum absolute atomic E-state index is 14.5. The van der Waals surface area contributed by atoms with Crippen molar-refractivity contribution in [3.63, 3.8) is 0 Å². The fourth-order valence-corrected chi connectivity index (χ4v) is 5.71. The molecule has 9 nitrogen and oxygen atoms in total. The molecule has 0 radical (unpaired) electrons. The number of nitrogen functional groups attached to an aromatic ring is 1. The third kappa shape index (κ3) is 6.13. The Labute approximate surface area is 227 Å². The predicted molar refractivity (Wildman–Crippen MR) is 146 cm³/mol. The van der Waals surface area contributed by atoms with Crippen LogP contribution in [0.4, 0.5) is 16.0 Å². The van der Waals surface area contributed by atoms with E-state index in [1.165, 1.54) is 49.2 Å². The van der Waals surface area contributed by atoms with Crippen molar-refractivity contribution in [3.8, 4) is 17.0 Å². The number of piperidine rings is 1. The molecule has 2 fully saturated rings. The molecule has 11 heteroatoms. The van der Waals surface area contributed by atoms with Crippen molar-refractivity contribution >= 4 is 27.6 Å². The number of nitrogens with one attached hydrogen (secondary N) is 1. The molecule has 2 aromatic heterocycles. The number of ether oxygens (including phenoxy) is 1. The maximum Gasteiger partial charge on any atom is 0.281 e. The van der Waals surface area contributed by atoms with Gasteiger partial charge in [0.15, 0.2) is 5.03 Å². The van der Waals surface area contributed by atoms with E-state index in [-0.39, 0.29) is 22.3 Å². The molecule has 0 bridgehead atoms. The first-order chi connectivity index (χ1) is 18.5. The first-order valence-corrected chi connectivity index (χ1v) is 14.5. The summed E-state index contributed by atoms with van der Waals surface area (Å²) in [5, 5.41) is -0.357. The van der Waals surface area contributed by atoms with Crippen LogP contribution in [0, 0.1) is 17.2 Å². The number of amides is 1. The zero-order valence-corrected chi connectivity index (χ0v) is 22.8. The Hall–Kier alpha value is -3.73. The summed E-state index contributed by atoms with van der Waals surface area (Å²) in [6.07, 6.45) is 4.35. The number of nitrogens with zero attached hydrogens (tertiary/aromatic N) is 3. The number of anilines is 2. The smallest absolute Gasteiger partial charge is 0.281 e. The maximum atomic E-state index is 14.5. The van der Waals surface area contributed by atoms with E-state index in [1.807, 2.05) is 18.7 Å². The molecule has 3 N–H and O–H groups in total. The summed E-state index contributed by atoms with van der Waals surface area (Å²) in [6, 6.07) is 11.7. The molecule has 0 atom stereocenters. The molecule has 39 heavy (non-hydrogen) atoms. The summed E-state index contributed by atoms with van der Waals surface area (Å²) in [7, 11) is -4.28. The number of nitrogens with two attached hydrogens (primary N) is 1. The number of rotatable bonds is 8. The number of sulfonamides is 1. The molecule has 1 aromatic carbocycles. The van der Waals surface area contributed by atoms with Crippen molar-refractivity contribution in [2.75, 3.05) is 30.3 Å². The summed E-state index contributed by atoms with van der Waals surface area (Å²) in [4.78, 5) is 23.9. The molecule has 2 aliphatic rings. The highest BCUT2D eigenvalue weighted by molar-refractivity contribution is 7.90. The summed E-state index contributed by atoms with van der Waals surface area (Å²) < 4.78 is 48.1. The first kappa shape index (κ1) is 26.9. The first-order valence-electron chi connectivity index (χ1n) is 13.0. The van der Waals surface area contributed by atoms with Gasteiger partial charge in [-0.15, -0.1) is 0 Å².